The number of carboxylic acids is 1. The molecule has 1 aromatic carbocycles. The highest BCUT2D eigenvalue weighted by Crippen LogP contribution is 2.30. The molecule has 2 aliphatic rings. The normalized spacial score (nSPS) is 18.3. The molecular weight excluding hydrogens is 390 g/mol. The van der Waals surface area contributed by atoms with E-state index < -0.39 is 12.0 Å². The second-order valence-corrected chi connectivity index (χ2v) is 7.31. The van der Waals surface area contributed by atoms with Gasteiger partial charge in [0.15, 0.2) is 0 Å². The molecule has 0 bridgehead atoms. The van der Waals surface area contributed by atoms with Gasteiger partial charge in [-0.3, -0.25) is 14.4 Å². The molecule has 1 N–H and O–H groups in total. The first-order valence-corrected chi connectivity index (χ1v) is 9.71. The average Bonchev–Trinajstić information content (AvgIpc) is 3.24. The van der Waals surface area contributed by atoms with Gasteiger partial charge < -0.3 is 29.4 Å². The van der Waals surface area contributed by atoms with Crippen molar-refractivity contribution in [2.24, 2.45) is 0 Å². The fourth-order valence-corrected chi connectivity index (χ4v) is 3.82. The molecule has 0 radical (unpaired) electrons. The van der Waals surface area contributed by atoms with Crippen molar-refractivity contribution in [3.05, 3.63) is 42.2 Å². The third-order valence-electron chi connectivity index (χ3n) is 5.38. The molecule has 4 rings (SSSR count). The molecule has 1 aromatic heterocycles. The number of nitrogens with one attached hydrogen (secondary N) is 1. The van der Waals surface area contributed by atoms with E-state index in [0.29, 0.717) is 17.0 Å². The first-order chi connectivity index (χ1) is 14.4. The first-order valence-electron chi connectivity index (χ1n) is 9.71. The number of rotatable bonds is 5. The van der Waals surface area contributed by atoms with Gasteiger partial charge in [0.2, 0.25) is 11.8 Å². The van der Waals surface area contributed by atoms with Crippen molar-refractivity contribution in [1.29, 1.82) is 0 Å². The molecule has 0 aliphatic carbocycles. The highest BCUT2D eigenvalue weighted by atomic mass is 16.4. The minimum absolute atomic E-state index is 0.0585. The van der Waals surface area contributed by atoms with Crippen molar-refractivity contribution in [3.8, 4) is 11.3 Å². The molecule has 1 fully saturated rings. The first kappa shape index (κ1) is 19.7. The molecule has 3 heterocycles. The lowest BCUT2D eigenvalue weighted by Crippen LogP contribution is -2.59. The Morgan fingerprint density at radius 1 is 1.17 bits per heavy atom. The number of aliphatic carboxylic acids is 1. The lowest BCUT2D eigenvalue weighted by atomic mass is 10.0. The summed E-state index contributed by atoms with van der Waals surface area (Å²) in [6.45, 7) is 0.571. The third kappa shape index (κ3) is 3.78. The zero-order chi connectivity index (χ0) is 21.3. The summed E-state index contributed by atoms with van der Waals surface area (Å²) in [5.41, 5.74) is 1.51. The Hall–Kier alpha value is -3.62. The summed E-state index contributed by atoms with van der Waals surface area (Å²) in [6, 6.07) is 7.86. The summed E-state index contributed by atoms with van der Waals surface area (Å²) in [7, 11) is 0. The van der Waals surface area contributed by atoms with E-state index in [1.807, 2.05) is 0 Å². The number of amides is 3. The molecule has 0 unspecified atom stereocenters. The van der Waals surface area contributed by atoms with E-state index >= 15 is 0 Å². The number of hydrogen-bond donors (Lipinski definition) is 1. The summed E-state index contributed by atoms with van der Waals surface area (Å²) in [6.07, 6.45) is 1.59. The number of fused-ring (bicyclic) bond motifs is 2. The van der Waals surface area contributed by atoms with E-state index in [4.69, 9.17) is 4.42 Å². The highest BCUT2D eigenvalue weighted by molar-refractivity contribution is 6.10. The lowest BCUT2D eigenvalue weighted by Gasteiger charge is -2.39. The summed E-state index contributed by atoms with van der Waals surface area (Å²) in [5.74, 6) is -1.47. The SMILES string of the molecule is O=C([O-])CCCC(=O)N1CCN2C(=O)c3cc(-c4ccco4)ccc3NC(=O)[C@H]2C1. The molecule has 30 heavy (non-hydrogen) atoms. The van der Waals surface area contributed by atoms with Crippen LogP contribution in [0.1, 0.15) is 29.6 Å². The number of hydrogen-bond acceptors (Lipinski definition) is 6. The predicted molar refractivity (Wildman–Crippen MR) is 103 cm³/mol. The van der Waals surface area contributed by atoms with Crippen LogP contribution in [-0.2, 0) is 14.4 Å². The van der Waals surface area contributed by atoms with Crippen molar-refractivity contribution in [2.45, 2.75) is 25.3 Å². The molecular formula is C21H20N3O6-. The van der Waals surface area contributed by atoms with Crippen molar-refractivity contribution < 1.29 is 28.7 Å². The molecule has 1 atom stereocenters. The Bertz CT molecular complexity index is 1000. The van der Waals surface area contributed by atoms with Gasteiger partial charge in [-0.15, -0.1) is 0 Å². The number of carbonyl (C=O) groups is 4. The van der Waals surface area contributed by atoms with Gasteiger partial charge in [-0.25, -0.2) is 0 Å². The Labute approximate surface area is 172 Å². The number of carboxylic acid groups (broad SMARTS) is 1. The van der Waals surface area contributed by atoms with E-state index in [-0.39, 0.29) is 56.6 Å². The van der Waals surface area contributed by atoms with E-state index in [9.17, 15) is 24.3 Å². The number of anilines is 1. The Morgan fingerprint density at radius 2 is 2.00 bits per heavy atom. The van der Waals surface area contributed by atoms with Gasteiger partial charge in [0.25, 0.3) is 5.91 Å². The summed E-state index contributed by atoms with van der Waals surface area (Å²) in [4.78, 5) is 51.9. The monoisotopic (exact) mass is 410 g/mol. The quantitative estimate of drug-likeness (QED) is 0.765. The molecule has 2 aliphatic heterocycles. The Morgan fingerprint density at radius 3 is 2.73 bits per heavy atom. The lowest BCUT2D eigenvalue weighted by molar-refractivity contribution is -0.305. The van der Waals surface area contributed by atoms with Gasteiger partial charge in [-0.05, 0) is 43.2 Å². The van der Waals surface area contributed by atoms with Gasteiger partial charge in [-0.1, -0.05) is 0 Å². The summed E-state index contributed by atoms with van der Waals surface area (Å²) in [5, 5.41) is 13.3. The van der Waals surface area contributed by atoms with E-state index in [1.54, 1.807) is 36.6 Å². The van der Waals surface area contributed by atoms with Gasteiger partial charge >= 0.3 is 0 Å². The van der Waals surface area contributed by atoms with Crippen LogP contribution in [0.4, 0.5) is 5.69 Å². The zero-order valence-electron chi connectivity index (χ0n) is 16.1. The summed E-state index contributed by atoms with van der Waals surface area (Å²) < 4.78 is 5.40. The van der Waals surface area contributed by atoms with Gasteiger partial charge in [0.1, 0.15) is 11.8 Å². The van der Waals surface area contributed by atoms with Crippen molar-refractivity contribution in [3.63, 3.8) is 0 Å². The van der Waals surface area contributed by atoms with Crippen molar-refractivity contribution in [2.75, 3.05) is 25.0 Å². The van der Waals surface area contributed by atoms with Crippen LogP contribution in [0.25, 0.3) is 11.3 Å². The second-order valence-electron chi connectivity index (χ2n) is 7.31. The maximum atomic E-state index is 13.2. The van der Waals surface area contributed by atoms with Gasteiger partial charge in [0.05, 0.1) is 24.1 Å². The molecule has 0 spiro atoms. The number of piperazine rings is 1. The van der Waals surface area contributed by atoms with Crippen LogP contribution in [-0.4, -0.2) is 59.2 Å². The molecule has 0 saturated carbocycles. The van der Waals surface area contributed by atoms with Gasteiger partial charge in [-0.2, -0.15) is 0 Å². The van der Waals surface area contributed by atoms with Crippen LogP contribution in [0.5, 0.6) is 0 Å². The smallest absolute Gasteiger partial charge is 0.256 e. The number of carbonyl (C=O) groups excluding carboxylic acids is 4. The van der Waals surface area contributed by atoms with Crippen LogP contribution in [0, 0.1) is 0 Å². The summed E-state index contributed by atoms with van der Waals surface area (Å²) >= 11 is 0. The fraction of sp³-hybridized carbons (Fsp3) is 0.333. The highest BCUT2D eigenvalue weighted by Gasteiger charge is 2.40. The average molecular weight is 410 g/mol. The van der Waals surface area contributed by atoms with Crippen LogP contribution < -0.4 is 10.4 Å². The van der Waals surface area contributed by atoms with E-state index in [0.717, 1.165) is 5.56 Å². The number of furan rings is 1. The topological polar surface area (TPSA) is 123 Å². The third-order valence-corrected chi connectivity index (χ3v) is 5.38. The van der Waals surface area contributed by atoms with Crippen LogP contribution in [0.2, 0.25) is 0 Å². The molecule has 1 saturated heterocycles. The molecule has 9 nitrogen and oxygen atoms in total. The zero-order valence-corrected chi connectivity index (χ0v) is 16.1. The maximum Gasteiger partial charge on any atom is 0.256 e. The fourth-order valence-electron chi connectivity index (χ4n) is 3.82. The number of benzene rings is 1. The minimum Gasteiger partial charge on any atom is -0.550 e. The standard InChI is InChI=1S/C21H21N3O6/c25-18(4-1-5-19(26)27)23-8-9-24-16(12-23)20(28)22-15-7-6-13(11-14(15)21(24)29)17-3-2-10-30-17/h2-3,6-7,10-11,16H,1,4-5,8-9,12H2,(H,22,28)(H,26,27)/p-1/t16-/m1/s1. The van der Waals surface area contributed by atoms with Crippen LogP contribution >= 0.6 is 0 Å². The maximum absolute atomic E-state index is 13.2. The van der Waals surface area contributed by atoms with Crippen molar-refractivity contribution >= 4 is 29.4 Å². The van der Waals surface area contributed by atoms with E-state index in [2.05, 4.69) is 5.32 Å². The Kier molecular flexibility index (Phi) is 5.26. The molecule has 156 valence electrons. The van der Waals surface area contributed by atoms with Crippen LogP contribution in [0.3, 0.4) is 0 Å². The predicted octanol–water partition coefficient (Wildman–Crippen LogP) is 0.472. The van der Waals surface area contributed by atoms with Crippen LogP contribution in [0.15, 0.2) is 41.0 Å². The number of nitrogens with zero attached hydrogens (tertiary/aromatic N) is 2. The molecule has 3 amide bonds. The second kappa shape index (κ2) is 8.02. The van der Waals surface area contributed by atoms with Crippen molar-refractivity contribution in [1.82, 2.24) is 9.80 Å². The minimum atomic E-state index is -1.20. The molecule has 2 aromatic rings. The Balaban J connectivity index is 1.52. The largest absolute Gasteiger partial charge is 0.550 e. The molecule has 9 heteroatoms. The van der Waals surface area contributed by atoms with Gasteiger partial charge in [0, 0.05) is 31.0 Å². The van der Waals surface area contributed by atoms with E-state index in [1.165, 1.54) is 9.80 Å².